The Labute approximate surface area is 112 Å². The lowest BCUT2D eigenvalue weighted by atomic mass is 9.99. The van der Waals surface area contributed by atoms with Crippen molar-refractivity contribution in [2.24, 2.45) is 5.73 Å². The number of amides is 1. The molecule has 0 saturated carbocycles. The Hall–Kier alpha value is -1.15. The van der Waals surface area contributed by atoms with Crippen molar-refractivity contribution in [1.82, 2.24) is 4.90 Å². The van der Waals surface area contributed by atoms with Crippen LogP contribution in [0.25, 0.3) is 0 Å². The second-order valence-electron chi connectivity index (χ2n) is 5.04. The topological polar surface area (TPSA) is 118 Å². The molecule has 1 heterocycles. The van der Waals surface area contributed by atoms with Gasteiger partial charge in [0.15, 0.2) is 9.84 Å². The quantitative estimate of drug-likeness (QED) is 0.635. The molecule has 0 spiro atoms. The van der Waals surface area contributed by atoms with E-state index < -0.39 is 27.3 Å². The first-order valence-electron chi connectivity index (χ1n) is 6.14. The van der Waals surface area contributed by atoms with Crippen LogP contribution in [0.3, 0.4) is 0 Å². The Morgan fingerprint density at radius 1 is 1.37 bits per heavy atom. The van der Waals surface area contributed by atoms with E-state index in [2.05, 4.69) is 0 Å². The Morgan fingerprint density at radius 3 is 2.53 bits per heavy atom. The number of nitrogens with zero attached hydrogens (tertiary/aromatic N) is 1. The Morgan fingerprint density at radius 2 is 2.00 bits per heavy atom. The highest BCUT2D eigenvalue weighted by molar-refractivity contribution is 7.91. The first-order chi connectivity index (χ1) is 8.67. The number of carboxylic acids is 1. The van der Waals surface area contributed by atoms with Gasteiger partial charge in [-0.15, -0.1) is 0 Å². The fraction of sp³-hybridized carbons (Fsp3) is 0.818. The first kappa shape index (κ1) is 15.9. The molecule has 0 aromatic carbocycles. The molecule has 1 aliphatic rings. The van der Waals surface area contributed by atoms with Crippen LogP contribution in [0, 0.1) is 0 Å². The van der Waals surface area contributed by atoms with Gasteiger partial charge in [0.1, 0.15) is 5.54 Å². The van der Waals surface area contributed by atoms with Gasteiger partial charge in [-0.1, -0.05) is 0 Å². The smallest absolute Gasteiger partial charge is 0.323 e. The standard InChI is InChI=1S/C11H20N2O5S/c1-11(10(15)16)4-2-5-13(11)6-8-19(17,18)7-3-9(12)14/h2-8H2,1H3,(H2,12,14)(H,15,16). The first-order valence-corrected chi connectivity index (χ1v) is 7.97. The fourth-order valence-corrected chi connectivity index (χ4v) is 3.44. The predicted molar refractivity (Wildman–Crippen MR) is 69.3 cm³/mol. The number of aliphatic carboxylic acids is 1. The van der Waals surface area contributed by atoms with Crippen molar-refractivity contribution in [3.63, 3.8) is 0 Å². The minimum absolute atomic E-state index is 0.150. The van der Waals surface area contributed by atoms with Crippen LogP contribution in [0.1, 0.15) is 26.2 Å². The van der Waals surface area contributed by atoms with Crippen LogP contribution in [0.5, 0.6) is 0 Å². The summed E-state index contributed by atoms with van der Waals surface area (Å²) in [6, 6.07) is 0. The molecule has 3 N–H and O–H groups in total. The largest absolute Gasteiger partial charge is 0.480 e. The number of primary amides is 1. The summed E-state index contributed by atoms with van der Waals surface area (Å²) in [5.41, 5.74) is 3.92. The third kappa shape index (κ3) is 4.17. The SMILES string of the molecule is CC1(C(=O)O)CCCN1CCS(=O)(=O)CCC(N)=O. The summed E-state index contributed by atoms with van der Waals surface area (Å²) in [6.45, 7) is 2.36. The van der Waals surface area contributed by atoms with E-state index in [1.807, 2.05) is 0 Å². The Balaban J connectivity index is 2.56. The molecule has 0 radical (unpaired) electrons. The van der Waals surface area contributed by atoms with Gasteiger partial charge in [0.2, 0.25) is 5.91 Å². The maximum absolute atomic E-state index is 11.7. The van der Waals surface area contributed by atoms with E-state index in [0.29, 0.717) is 13.0 Å². The van der Waals surface area contributed by atoms with E-state index >= 15 is 0 Å². The van der Waals surface area contributed by atoms with E-state index in [-0.39, 0.29) is 24.5 Å². The second kappa shape index (κ2) is 5.87. The monoisotopic (exact) mass is 292 g/mol. The third-order valence-corrected chi connectivity index (χ3v) is 5.21. The number of carbonyl (C=O) groups is 2. The molecule has 0 aromatic rings. The Bertz CT molecular complexity index is 462. The lowest BCUT2D eigenvalue weighted by Crippen LogP contribution is -2.49. The second-order valence-corrected chi connectivity index (χ2v) is 7.34. The molecule has 19 heavy (non-hydrogen) atoms. The number of rotatable bonds is 7. The van der Waals surface area contributed by atoms with E-state index in [9.17, 15) is 23.1 Å². The zero-order valence-corrected chi connectivity index (χ0v) is 11.8. The third-order valence-electron chi connectivity index (χ3n) is 3.58. The van der Waals surface area contributed by atoms with Crippen LogP contribution < -0.4 is 5.73 Å². The van der Waals surface area contributed by atoms with Crippen LogP contribution in [-0.2, 0) is 19.4 Å². The van der Waals surface area contributed by atoms with Crippen molar-refractivity contribution in [3.05, 3.63) is 0 Å². The van der Waals surface area contributed by atoms with Gasteiger partial charge in [-0.3, -0.25) is 14.5 Å². The molecule has 8 heteroatoms. The van der Waals surface area contributed by atoms with Crippen molar-refractivity contribution in [2.45, 2.75) is 31.7 Å². The van der Waals surface area contributed by atoms with Gasteiger partial charge in [-0.2, -0.15) is 0 Å². The van der Waals surface area contributed by atoms with E-state index in [0.717, 1.165) is 6.42 Å². The maximum Gasteiger partial charge on any atom is 0.323 e. The minimum atomic E-state index is -3.38. The molecular formula is C11H20N2O5S. The molecule has 110 valence electrons. The summed E-state index contributed by atoms with van der Waals surface area (Å²) in [7, 11) is -3.38. The maximum atomic E-state index is 11.7. The van der Waals surface area contributed by atoms with Crippen LogP contribution in [0.15, 0.2) is 0 Å². The molecule has 1 fully saturated rings. The number of carboxylic acid groups (broad SMARTS) is 1. The van der Waals surface area contributed by atoms with Crippen molar-refractivity contribution < 1.29 is 23.1 Å². The van der Waals surface area contributed by atoms with E-state index in [4.69, 9.17) is 5.73 Å². The molecule has 0 aromatic heterocycles. The zero-order valence-electron chi connectivity index (χ0n) is 11.0. The van der Waals surface area contributed by atoms with Crippen molar-refractivity contribution >= 4 is 21.7 Å². The van der Waals surface area contributed by atoms with E-state index in [1.165, 1.54) is 0 Å². The predicted octanol–water partition coefficient (Wildman–Crippen LogP) is -0.784. The van der Waals surface area contributed by atoms with Gasteiger partial charge in [-0.25, -0.2) is 8.42 Å². The lowest BCUT2D eigenvalue weighted by molar-refractivity contribution is -0.148. The summed E-state index contributed by atoms with van der Waals surface area (Å²) in [5.74, 6) is -2.01. The summed E-state index contributed by atoms with van der Waals surface area (Å²) in [6.07, 6.45) is 1.06. The molecule has 1 atom stereocenters. The molecule has 1 aliphatic heterocycles. The fourth-order valence-electron chi connectivity index (χ4n) is 2.23. The summed E-state index contributed by atoms with van der Waals surface area (Å²) >= 11 is 0. The molecule has 0 aliphatic carbocycles. The van der Waals surface area contributed by atoms with Gasteiger partial charge in [0, 0.05) is 13.0 Å². The van der Waals surface area contributed by atoms with E-state index in [1.54, 1.807) is 11.8 Å². The van der Waals surface area contributed by atoms with Crippen LogP contribution >= 0.6 is 0 Å². The summed E-state index contributed by atoms with van der Waals surface area (Å²) in [4.78, 5) is 23.5. The molecule has 1 amide bonds. The number of sulfone groups is 1. The normalized spacial score (nSPS) is 24.5. The van der Waals surface area contributed by atoms with Crippen LogP contribution in [0.4, 0.5) is 0 Å². The highest BCUT2D eigenvalue weighted by Crippen LogP contribution is 2.28. The number of hydrogen-bond donors (Lipinski definition) is 2. The van der Waals surface area contributed by atoms with Gasteiger partial charge in [0.05, 0.1) is 11.5 Å². The average molecular weight is 292 g/mol. The zero-order chi connectivity index (χ0) is 14.7. The minimum Gasteiger partial charge on any atom is -0.480 e. The molecule has 0 bridgehead atoms. The summed E-state index contributed by atoms with van der Waals surface area (Å²) in [5, 5.41) is 9.20. The van der Waals surface area contributed by atoms with Gasteiger partial charge in [-0.05, 0) is 26.3 Å². The highest BCUT2D eigenvalue weighted by Gasteiger charge is 2.43. The molecule has 1 rings (SSSR count). The number of likely N-dealkylation sites (tertiary alicyclic amines) is 1. The van der Waals surface area contributed by atoms with Crippen molar-refractivity contribution in [1.29, 1.82) is 0 Å². The number of carbonyl (C=O) groups excluding carboxylic acids is 1. The van der Waals surface area contributed by atoms with Crippen LogP contribution in [0.2, 0.25) is 0 Å². The molecular weight excluding hydrogens is 272 g/mol. The highest BCUT2D eigenvalue weighted by atomic mass is 32.2. The average Bonchev–Trinajstić information content (AvgIpc) is 2.67. The van der Waals surface area contributed by atoms with Crippen molar-refractivity contribution in [2.75, 3.05) is 24.6 Å². The molecule has 1 saturated heterocycles. The number of nitrogens with two attached hydrogens (primary N) is 1. The van der Waals surface area contributed by atoms with Gasteiger partial charge < -0.3 is 10.8 Å². The molecule has 7 nitrogen and oxygen atoms in total. The molecule has 1 unspecified atom stereocenters. The Kier molecular flexibility index (Phi) is 4.92. The van der Waals surface area contributed by atoms with Gasteiger partial charge >= 0.3 is 5.97 Å². The van der Waals surface area contributed by atoms with Crippen molar-refractivity contribution in [3.8, 4) is 0 Å². The van der Waals surface area contributed by atoms with Gasteiger partial charge in [0.25, 0.3) is 0 Å². The summed E-state index contributed by atoms with van der Waals surface area (Å²) < 4.78 is 23.4. The number of hydrogen-bond acceptors (Lipinski definition) is 5. The van der Waals surface area contributed by atoms with Crippen LogP contribution in [-0.4, -0.2) is 60.4 Å². The lowest BCUT2D eigenvalue weighted by Gasteiger charge is -2.30.